The van der Waals surface area contributed by atoms with Gasteiger partial charge in [-0.2, -0.15) is 0 Å². The zero-order valence-corrected chi connectivity index (χ0v) is 13.0. The van der Waals surface area contributed by atoms with Gasteiger partial charge in [-0.15, -0.1) is 0 Å². The van der Waals surface area contributed by atoms with Crippen molar-refractivity contribution in [3.8, 4) is 0 Å². The second kappa shape index (κ2) is 4.84. The number of nitrogens with zero attached hydrogens (tertiary/aromatic N) is 1. The number of fused-ring (bicyclic) bond motifs is 1. The van der Waals surface area contributed by atoms with Crippen LogP contribution in [0.25, 0.3) is 0 Å². The van der Waals surface area contributed by atoms with E-state index in [2.05, 4.69) is 31.8 Å². The van der Waals surface area contributed by atoms with Gasteiger partial charge < -0.3 is 5.11 Å². The van der Waals surface area contributed by atoms with Crippen molar-refractivity contribution in [1.82, 2.24) is 4.98 Å². The number of pyridine rings is 1. The van der Waals surface area contributed by atoms with Gasteiger partial charge >= 0.3 is 0 Å². The molecule has 20 heavy (non-hydrogen) atoms. The van der Waals surface area contributed by atoms with Crippen LogP contribution < -0.4 is 0 Å². The Hall–Kier alpha value is -0.890. The van der Waals surface area contributed by atoms with Gasteiger partial charge in [-0.3, -0.25) is 4.98 Å². The fourth-order valence-corrected chi connectivity index (χ4v) is 4.99. The van der Waals surface area contributed by atoms with Crippen LogP contribution in [0.1, 0.15) is 70.1 Å². The lowest BCUT2D eigenvalue weighted by Gasteiger charge is -2.49. The van der Waals surface area contributed by atoms with Crippen LogP contribution in [0.2, 0.25) is 0 Å². The third kappa shape index (κ3) is 2.50. The average molecular weight is 273 g/mol. The first-order chi connectivity index (χ1) is 9.40. The molecule has 3 unspecified atom stereocenters. The summed E-state index contributed by atoms with van der Waals surface area (Å²) in [6, 6.07) is 4.22. The number of hydrogen-bond acceptors (Lipinski definition) is 2. The van der Waals surface area contributed by atoms with Gasteiger partial charge in [0.05, 0.1) is 5.60 Å². The van der Waals surface area contributed by atoms with Gasteiger partial charge in [-0.05, 0) is 61.5 Å². The highest BCUT2D eigenvalue weighted by Crippen LogP contribution is 2.51. The van der Waals surface area contributed by atoms with E-state index in [1.165, 1.54) is 24.1 Å². The topological polar surface area (TPSA) is 33.1 Å². The minimum atomic E-state index is -0.565. The molecule has 0 spiro atoms. The first-order valence-corrected chi connectivity index (χ1v) is 8.06. The molecule has 0 aromatic carbocycles. The molecule has 2 nitrogen and oxygen atoms in total. The monoisotopic (exact) mass is 273 g/mol. The van der Waals surface area contributed by atoms with E-state index in [-0.39, 0.29) is 11.3 Å². The fourth-order valence-electron chi connectivity index (χ4n) is 4.99. The van der Waals surface area contributed by atoms with Gasteiger partial charge in [0.1, 0.15) is 0 Å². The van der Waals surface area contributed by atoms with Gasteiger partial charge in [0.25, 0.3) is 0 Å². The molecule has 1 N–H and O–H groups in total. The Morgan fingerprint density at radius 1 is 1.30 bits per heavy atom. The summed E-state index contributed by atoms with van der Waals surface area (Å²) >= 11 is 0. The van der Waals surface area contributed by atoms with Crippen LogP contribution in [-0.2, 0) is 6.42 Å². The molecule has 2 aliphatic carbocycles. The molecule has 0 aliphatic heterocycles. The van der Waals surface area contributed by atoms with E-state index < -0.39 is 5.60 Å². The summed E-state index contributed by atoms with van der Waals surface area (Å²) in [6.45, 7) is 6.89. The van der Waals surface area contributed by atoms with Gasteiger partial charge in [0.2, 0.25) is 0 Å². The zero-order chi connectivity index (χ0) is 14.4. The predicted molar refractivity (Wildman–Crippen MR) is 81.7 cm³/mol. The Morgan fingerprint density at radius 2 is 2.10 bits per heavy atom. The summed E-state index contributed by atoms with van der Waals surface area (Å²) in [7, 11) is 0. The molecule has 1 saturated carbocycles. The Kier molecular flexibility index (Phi) is 3.40. The molecule has 1 heterocycles. The molecule has 0 saturated heterocycles. The van der Waals surface area contributed by atoms with Crippen LogP contribution in [0.5, 0.6) is 0 Å². The summed E-state index contributed by atoms with van der Waals surface area (Å²) in [5.41, 5.74) is 2.20. The number of aliphatic hydroxyl groups is 1. The average Bonchev–Trinajstić information content (AvgIpc) is 2.35. The Labute approximate surface area is 122 Å². The quantitative estimate of drug-likeness (QED) is 0.836. The lowest BCUT2D eigenvalue weighted by Crippen LogP contribution is -2.47. The van der Waals surface area contributed by atoms with Crippen LogP contribution in [0, 0.1) is 11.3 Å². The molecule has 1 aromatic rings. The highest BCUT2D eigenvalue weighted by Gasteiger charge is 2.48. The van der Waals surface area contributed by atoms with Crippen molar-refractivity contribution < 1.29 is 5.11 Å². The Morgan fingerprint density at radius 3 is 2.85 bits per heavy atom. The molecule has 2 heteroatoms. The van der Waals surface area contributed by atoms with Crippen molar-refractivity contribution in [3.63, 3.8) is 0 Å². The summed E-state index contributed by atoms with van der Waals surface area (Å²) < 4.78 is 0. The molecule has 0 radical (unpaired) electrons. The maximum absolute atomic E-state index is 11.4. The summed E-state index contributed by atoms with van der Waals surface area (Å²) in [4.78, 5) is 4.63. The standard InChI is InChI=1S/C18H27NO/c1-13-10-17(2,3)12-18(20,11-13)15-8-4-6-14-7-5-9-19-16(14)15/h5,7,9,13,15,20H,4,6,8,10-12H2,1-3H3. The Bertz CT molecular complexity index is 496. The number of aryl methyl sites for hydroxylation is 1. The van der Waals surface area contributed by atoms with Gasteiger partial charge in [0.15, 0.2) is 0 Å². The molecule has 2 aliphatic rings. The van der Waals surface area contributed by atoms with E-state index in [9.17, 15) is 5.11 Å². The van der Waals surface area contributed by atoms with Crippen molar-refractivity contribution in [2.24, 2.45) is 11.3 Å². The fraction of sp³-hybridized carbons (Fsp3) is 0.722. The molecular formula is C18H27NO. The smallest absolute Gasteiger partial charge is 0.0738 e. The van der Waals surface area contributed by atoms with Gasteiger partial charge in [-0.25, -0.2) is 0 Å². The van der Waals surface area contributed by atoms with Crippen molar-refractivity contribution in [2.75, 3.05) is 0 Å². The summed E-state index contributed by atoms with van der Waals surface area (Å²) in [5, 5.41) is 11.4. The predicted octanol–water partition coefficient (Wildman–Crippen LogP) is 4.08. The van der Waals surface area contributed by atoms with Crippen molar-refractivity contribution in [1.29, 1.82) is 0 Å². The van der Waals surface area contributed by atoms with Crippen LogP contribution in [0.15, 0.2) is 18.3 Å². The van der Waals surface area contributed by atoms with Crippen LogP contribution >= 0.6 is 0 Å². The molecule has 110 valence electrons. The first-order valence-electron chi connectivity index (χ1n) is 8.06. The summed E-state index contributed by atoms with van der Waals surface area (Å²) in [6.07, 6.45) is 8.33. The zero-order valence-electron chi connectivity index (χ0n) is 13.0. The number of aromatic nitrogens is 1. The molecule has 3 atom stereocenters. The summed E-state index contributed by atoms with van der Waals surface area (Å²) in [5.74, 6) is 0.826. The maximum atomic E-state index is 11.4. The number of rotatable bonds is 1. The normalized spacial score (nSPS) is 36.4. The molecular weight excluding hydrogens is 246 g/mol. The molecule has 3 rings (SSSR count). The van der Waals surface area contributed by atoms with Crippen molar-refractivity contribution in [2.45, 2.75) is 70.8 Å². The molecule has 0 bridgehead atoms. The highest BCUT2D eigenvalue weighted by molar-refractivity contribution is 5.29. The second-order valence-electron chi connectivity index (χ2n) is 7.95. The molecule has 1 aromatic heterocycles. The lowest BCUT2D eigenvalue weighted by atomic mass is 9.60. The second-order valence-corrected chi connectivity index (χ2v) is 7.95. The van der Waals surface area contributed by atoms with Gasteiger partial charge in [0, 0.05) is 17.8 Å². The van der Waals surface area contributed by atoms with E-state index in [0.29, 0.717) is 5.92 Å². The van der Waals surface area contributed by atoms with Crippen molar-refractivity contribution >= 4 is 0 Å². The van der Waals surface area contributed by atoms with Crippen molar-refractivity contribution in [3.05, 3.63) is 29.6 Å². The van der Waals surface area contributed by atoms with Crippen LogP contribution in [0.4, 0.5) is 0 Å². The minimum Gasteiger partial charge on any atom is -0.389 e. The van der Waals surface area contributed by atoms with E-state index in [1.54, 1.807) is 0 Å². The van der Waals surface area contributed by atoms with E-state index in [4.69, 9.17) is 0 Å². The maximum Gasteiger partial charge on any atom is 0.0738 e. The first kappa shape index (κ1) is 14.1. The number of hydrogen-bond donors (Lipinski definition) is 1. The van der Waals surface area contributed by atoms with E-state index in [1.807, 2.05) is 12.3 Å². The third-order valence-electron chi connectivity index (χ3n) is 5.23. The highest BCUT2D eigenvalue weighted by atomic mass is 16.3. The Balaban J connectivity index is 1.96. The minimum absolute atomic E-state index is 0.231. The molecule has 1 fully saturated rings. The van der Waals surface area contributed by atoms with Gasteiger partial charge in [-0.1, -0.05) is 26.8 Å². The van der Waals surface area contributed by atoms with Crippen LogP contribution in [-0.4, -0.2) is 15.7 Å². The third-order valence-corrected chi connectivity index (χ3v) is 5.23. The van der Waals surface area contributed by atoms with E-state index >= 15 is 0 Å². The SMILES string of the molecule is CC1CC(C)(C)CC(O)(C2CCCc3cccnc32)C1. The molecule has 0 amide bonds. The lowest BCUT2D eigenvalue weighted by molar-refractivity contribution is -0.0815. The van der Waals surface area contributed by atoms with Crippen LogP contribution in [0.3, 0.4) is 0 Å². The van der Waals surface area contributed by atoms with E-state index in [0.717, 1.165) is 25.7 Å². The largest absolute Gasteiger partial charge is 0.389 e.